The van der Waals surface area contributed by atoms with Gasteiger partial charge in [0.1, 0.15) is 18.9 Å². The van der Waals surface area contributed by atoms with Crippen LogP contribution in [0, 0.1) is 5.82 Å². The minimum absolute atomic E-state index is 0.00678. The molecular weight excluding hydrogens is 321 g/mol. The number of anilines is 2. The van der Waals surface area contributed by atoms with Gasteiger partial charge in [0.25, 0.3) is 5.91 Å². The first kappa shape index (κ1) is 17.1. The molecule has 2 aromatic carbocycles. The van der Waals surface area contributed by atoms with E-state index in [1.807, 2.05) is 25.2 Å². The summed E-state index contributed by atoms with van der Waals surface area (Å²) in [6, 6.07) is 13.4. The van der Waals surface area contributed by atoms with E-state index < -0.39 is 6.04 Å². The van der Waals surface area contributed by atoms with Crippen LogP contribution in [0.3, 0.4) is 0 Å². The molecule has 1 aliphatic rings. The fourth-order valence-corrected chi connectivity index (χ4v) is 2.97. The molecule has 2 N–H and O–H groups in total. The summed E-state index contributed by atoms with van der Waals surface area (Å²) in [5.74, 6) is -0.647. The lowest BCUT2D eigenvalue weighted by Gasteiger charge is -2.32. The second kappa shape index (κ2) is 7.03. The highest BCUT2D eigenvalue weighted by atomic mass is 19.1. The summed E-state index contributed by atoms with van der Waals surface area (Å²) in [6.45, 7) is 2.18. The van der Waals surface area contributed by atoms with Gasteiger partial charge in [0.05, 0.1) is 18.4 Å². The number of quaternary nitrogens is 1. The van der Waals surface area contributed by atoms with Crippen molar-refractivity contribution >= 4 is 23.2 Å². The van der Waals surface area contributed by atoms with E-state index in [0.717, 1.165) is 4.90 Å². The average Bonchev–Trinajstić information content (AvgIpc) is 2.61. The lowest BCUT2D eigenvalue weighted by atomic mass is 10.1. The third-order valence-electron chi connectivity index (χ3n) is 4.57. The highest BCUT2D eigenvalue weighted by Crippen LogP contribution is 2.29. The van der Waals surface area contributed by atoms with Crippen LogP contribution in [0.1, 0.15) is 12.5 Å². The smallest absolute Gasteiger partial charge is 0.285 e. The van der Waals surface area contributed by atoms with E-state index in [-0.39, 0.29) is 24.2 Å². The number of carbonyl (C=O) groups is 2. The Balaban J connectivity index is 1.78. The lowest BCUT2D eigenvalue weighted by Crippen LogP contribution is -3.12. The van der Waals surface area contributed by atoms with Gasteiger partial charge in [0.15, 0.2) is 6.04 Å². The maximum atomic E-state index is 13.9. The quantitative estimate of drug-likeness (QED) is 0.878. The molecule has 1 heterocycles. The van der Waals surface area contributed by atoms with Crippen molar-refractivity contribution in [2.75, 3.05) is 23.8 Å². The SMILES string of the molecule is C[C@@H](C(=O)N1CC(=O)Nc2ccccc21)[NH+](C)Cc1ccccc1F. The predicted molar refractivity (Wildman–Crippen MR) is 93.9 cm³/mol. The molecule has 0 bridgehead atoms. The molecule has 3 rings (SSSR count). The largest absolute Gasteiger partial charge is 0.324 e. The van der Waals surface area contributed by atoms with Crippen LogP contribution in [0.5, 0.6) is 0 Å². The number of amides is 2. The summed E-state index contributed by atoms with van der Waals surface area (Å²) in [5.41, 5.74) is 1.89. The van der Waals surface area contributed by atoms with Crippen molar-refractivity contribution in [1.29, 1.82) is 0 Å². The lowest BCUT2D eigenvalue weighted by molar-refractivity contribution is -0.908. The Morgan fingerprint density at radius 3 is 2.68 bits per heavy atom. The van der Waals surface area contributed by atoms with Crippen molar-refractivity contribution in [2.24, 2.45) is 0 Å². The molecule has 2 atom stereocenters. The summed E-state index contributed by atoms with van der Waals surface area (Å²) >= 11 is 0. The van der Waals surface area contributed by atoms with Crippen LogP contribution in [0.15, 0.2) is 48.5 Å². The minimum atomic E-state index is -0.418. The van der Waals surface area contributed by atoms with E-state index in [2.05, 4.69) is 5.32 Å². The zero-order chi connectivity index (χ0) is 18.0. The van der Waals surface area contributed by atoms with E-state index in [4.69, 9.17) is 0 Å². The van der Waals surface area contributed by atoms with Crippen molar-refractivity contribution < 1.29 is 18.9 Å². The number of para-hydroxylation sites is 2. The Labute approximate surface area is 146 Å². The standard InChI is InChI=1S/C19H20FN3O2/c1-13(22(2)11-14-7-3-4-8-15(14)20)19(25)23-12-18(24)21-16-9-5-6-10-17(16)23/h3-10,13H,11-12H2,1-2H3,(H,21,24)/p+1/t13-/m0/s1. The molecule has 0 aromatic heterocycles. The Morgan fingerprint density at radius 2 is 1.92 bits per heavy atom. The number of fused-ring (bicyclic) bond motifs is 1. The van der Waals surface area contributed by atoms with Gasteiger partial charge in [-0.1, -0.05) is 30.3 Å². The molecule has 0 fully saturated rings. The fourth-order valence-electron chi connectivity index (χ4n) is 2.97. The molecule has 6 heteroatoms. The molecule has 25 heavy (non-hydrogen) atoms. The Kier molecular flexibility index (Phi) is 4.81. The number of hydrogen-bond donors (Lipinski definition) is 2. The molecule has 0 aliphatic carbocycles. The van der Waals surface area contributed by atoms with Gasteiger partial charge in [-0.15, -0.1) is 0 Å². The van der Waals surface area contributed by atoms with E-state index in [9.17, 15) is 14.0 Å². The van der Waals surface area contributed by atoms with Crippen LogP contribution in [0.2, 0.25) is 0 Å². The van der Waals surface area contributed by atoms with Crippen molar-refractivity contribution in [1.82, 2.24) is 0 Å². The van der Waals surface area contributed by atoms with Gasteiger partial charge < -0.3 is 10.2 Å². The summed E-state index contributed by atoms with van der Waals surface area (Å²) in [7, 11) is 1.85. The number of rotatable bonds is 4. The molecule has 1 unspecified atom stereocenters. The van der Waals surface area contributed by atoms with Crippen LogP contribution in [-0.2, 0) is 16.1 Å². The molecule has 2 amide bonds. The summed E-state index contributed by atoms with van der Waals surface area (Å²) in [6.07, 6.45) is 0. The molecule has 0 spiro atoms. The van der Waals surface area contributed by atoms with Gasteiger partial charge in [-0.2, -0.15) is 0 Å². The molecule has 0 radical (unpaired) electrons. The van der Waals surface area contributed by atoms with E-state index in [1.54, 1.807) is 31.2 Å². The second-order valence-electron chi connectivity index (χ2n) is 6.33. The monoisotopic (exact) mass is 342 g/mol. The number of benzene rings is 2. The minimum Gasteiger partial charge on any atom is -0.324 e. The summed E-state index contributed by atoms with van der Waals surface area (Å²) < 4.78 is 13.9. The van der Waals surface area contributed by atoms with Crippen molar-refractivity contribution in [2.45, 2.75) is 19.5 Å². The van der Waals surface area contributed by atoms with Gasteiger partial charge >= 0.3 is 0 Å². The zero-order valence-electron chi connectivity index (χ0n) is 14.3. The number of carbonyl (C=O) groups excluding carboxylic acids is 2. The van der Waals surface area contributed by atoms with Gasteiger partial charge in [-0.05, 0) is 25.1 Å². The average molecular weight is 342 g/mol. The zero-order valence-corrected chi connectivity index (χ0v) is 14.3. The highest BCUT2D eigenvalue weighted by molar-refractivity contribution is 6.10. The number of halogens is 1. The first-order chi connectivity index (χ1) is 12.0. The number of likely N-dealkylation sites (N-methyl/N-ethyl adjacent to an activating group) is 1. The van der Waals surface area contributed by atoms with Gasteiger partial charge in [0, 0.05) is 5.56 Å². The second-order valence-corrected chi connectivity index (χ2v) is 6.33. The van der Waals surface area contributed by atoms with Crippen LogP contribution in [0.25, 0.3) is 0 Å². The number of nitrogens with one attached hydrogen (secondary N) is 2. The van der Waals surface area contributed by atoms with Crippen molar-refractivity contribution in [3.63, 3.8) is 0 Å². The first-order valence-electron chi connectivity index (χ1n) is 8.23. The van der Waals surface area contributed by atoms with Crippen LogP contribution < -0.4 is 15.1 Å². The highest BCUT2D eigenvalue weighted by Gasteiger charge is 2.33. The maximum Gasteiger partial charge on any atom is 0.285 e. The fraction of sp³-hybridized carbons (Fsp3) is 0.263. The molecule has 0 saturated heterocycles. The molecule has 2 aromatic rings. The van der Waals surface area contributed by atoms with E-state index in [1.165, 1.54) is 11.0 Å². The maximum absolute atomic E-state index is 13.9. The third-order valence-corrected chi connectivity index (χ3v) is 4.57. The molecule has 130 valence electrons. The molecule has 0 saturated carbocycles. The van der Waals surface area contributed by atoms with Gasteiger partial charge in [-0.3, -0.25) is 14.5 Å². The first-order valence-corrected chi connectivity index (χ1v) is 8.23. The Hall–Kier alpha value is -2.73. The number of nitrogens with zero attached hydrogens (tertiary/aromatic N) is 1. The molecule has 5 nitrogen and oxygen atoms in total. The topological polar surface area (TPSA) is 53.9 Å². The molecular formula is C19H21FN3O2+. The molecule has 1 aliphatic heterocycles. The predicted octanol–water partition coefficient (Wildman–Crippen LogP) is 1.21. The van der Waals surface area contributed by atoms with E-state index >= 15 is 0 Å². The van der Waals surface area contributed by atoms with Gasteiger partial charge in [-0.25, -0.2) is 4.39 Å². The van der Waals surface area contributed by atoms with Crippen LogP contribution in [-0.4, -0.2) is 31.4 Å². The Morgan fingerprint density at radius 1 is 1.24 bits per heavy atom. The van der Waals surface area contributed by atoms with Crippen molar-refractivity contribution in [3.8, 4) is 0 Å². The van der Waals surface area contributed by atoms with Crippen LogP contribution in [0.4, 0.5) is 15.8 Å². The summed E-state index contributed by atoms with van der Waals surface area (Å²) in [4.78, 5) is 27.2. The third kappa shape index (κ3) is 3.53. The number of hydrogen-bond acceptors (Lipinski definition) is 2. The van der Waals surface area contributed by atoms with Crippen LogP contribution >= 0.6 is 0 Å². The Bertz CT molecular complexity index is 809. The summed E-state index contributed by atoms with van der Waals surface area (Å²) in [5, 5.41) is 2.77. The van der Waals surface area contributed by atoms with E-state index in [0.29, 0.717) is 23.5 Å². The normalized spacial score (nSPS) is 16.0. The van der Waals surface area contributed by atoms with Crippen molar-refractivity contribution in [3.05, 3.63) is 59.9 Å². The van der Waals surface area contributed by atoms with Gasteiger partial charge in [0.2, 0.25) is 5.91 Å².